The summed E-state index contributed by atoms with van der Waals surface area (Å²) in [5.41, 5.74) is 0.823. The van der Waals surface area contributed by atoms with Crippen LogP contribution in [0.3, 0.4) is 0 Å². The van der Waals surface area contributed by atoms with E-state index in [1.807, 2.05) is 18.2 Å². The SMILES string of the molecule is O=C(OCc1ccccc1)N1CCC(F)(F)CC1CO. The molecule has 20 heavy (non-hydrogen) atoms. The van der Waals surface area contributed by atoms with Crippen molar-refractivity contribution in [1.29, 1.82) is 0 Å². The predicted octanol–water partition coefficient (Wildman–Crippen LogP) is 2.42. The minimum absolute atomic E-state index is 0.0880. The molecule has 1 atom stereocenters. The van der Waals surface area contributed by atoms with Gasteiger partial charge < -0.3 is 14.7 Å². The van der Waals surface area contributed by atoms with Gasteiger partial charge >= 0.3 is 6.09 Å². The van der Waals surface area contributed by atoms with Crippen LogP contribution in [0.2, 0.25) is 0 Å². The largest absolute Gasteiger partial charge is 0.445 e. The van der Waals surface area contributed by atoms with Crippen LogP contribution in [0.15, 0.2) is 30.3 Å². The molecule has 1 amide bonds. The zero-order valence-corrected chi connectivity index (χ0v) is 11.0. The van der Waals surface area contributed by atoms with E-state index >= 15 is 0 Å². The highest BCUT2D eigenvalue weighted by atomic mass is 19.3. The van der Waals surface area contributed by atoms with Crippen LogP contribution < -0.4 is 0 Å². The van der Waals surface area contributed by atoms with E-state index in [1.54, 1.807) is 12.1 Å². The number of benzene rings is 1. The molecule has 0 aliphatic carbocycles. The first-order valence-electron chi connectivity index (χ1n) is 6.48. The van der Waals surface area contributed by atoms with Crippen molar-refractivity contribution in [2.45, 2.75) is 31.4 Å². The van der Waals surface area contributed by atoms with Crippen molar-refractivity contribution < 1.29 is 23.4 Å². The third-order valence-electron chi connectivity index (χ3n) is 3.34. The Morgan fingerprint density at radius 2 is 2.10 bits per heavy atom. The van der Waals surface area contributed by atoms with Gasteiger partial charge in [0.25, 0.3) is 5.92 Å². The number of carbonyl (C=O) groups excluding carboxylic acids is 1. The molecule has 0 spiro atoms. The van der Waals surface area contributed by atoms with Crippen LogP contribution >= 0.6 is 0 Å². The number of halogens is 2. The lowest BCUT2D eigenvalue weighted by Gasteiger charge is -2.37. The summed E-state index contributed by atoms with van der Waals surface area (Å²) in [7, 11) is 0. The normalized spacial score (nSPS) is 21.6. The summed E-state index contributed by atoms with van der Waals surface area (Å²) in [6.07, 6.45) is -1.59. The molecule has 1 N–H and O–H groups in total. The van der Waals surface area contributed by atoms with E-state index in [-0.39, 0.29) is 13.2 Å². The van der Waals surface area contributed by atoms with Crippen LogP contribution in [0.1, 0.15) is 18.4 Å². The summed E-state index contributed by atoms with van der Waals surface area (Å²) >= 11 is 0. The van der Waals surface area contributed by atoms with E-state index in [2.05, 4.69) is 0 Å². The van der Waals surface area contributed by atoms with Gasteiger partial charge in [0.2, 0.25) is 0 Å². The zero-order valence-electron chi connectivity index (χ0n) is 11.0. The Morgan fingerprint density at radius 1 is 1.40 bits per heavy atom. The topological polar surface area (TPSA) is 49.8 Å². The number of carbonyl (C=O) groups is 1. The van der Waals surface area contributed by atoms with Gasteiger partial charge in [-0.25, -0.2) is 13.6 Å². The molecule has 2 rings (SSSR count). The summed E-state index contributed by atoms with van der Waals surface area (Å²) in [6, 6.07) is 8.21. The van der Waals surface area contributed by atoms with Crippen LogP contribution in [0.5, 0.6) is 0 Å². The number of hydrogen-bond acceptors (Lipinski definition) is 3. The first kappa shape index (κ1) is 14.7. The van der Waals surface area contributed by atoms with Gasteiger partial charge in [-0.3, -0.25) is 0 Å². The molecule has 1 aromatic carbocycles. The Balaban J connectivity index is 1.91. The van der Waals surface area contributed by atoms with Gasteiger partial charge in [-0.1, -0.05) is 30.3 Å². The number of aliphatic hydroxyl groups is 1. The number of aliphatic hydroxyl groups excluding tert-OH is 1. The first-order chi connectivity index (χ1) is 9.52. The molecule has 0 saturated carbocycles. The number of nitrogens with zero attached hydrogens (tertiary/aromatic N) is 1. The summed E-state index contributed by atoms with van der Waals surface area (Å²) in [6.45, 7) is -0.507. The second-order valence-corrected chi connectivity index (χ2v) is 4.88. The lowest BCUT2D eigenvalue weighted by molar-refractivity contribution is -0.0827. The summed E-state index contributed by atoms with van der Waals surface area (Å²) < 4.78 is 31.6. The maximum atomic E-state index is 13.2. The van der Waals surface area contributed by atoms with E-state index < -0.39 is 37.5 Å². The van der Waals surface area contributed by atoms with E-state index in [4.69, 9.17) is 9.84 Å². The summed E-state index contributed by atoms with van der Waals surface area (Å²) in [5.74, 6) is -2.83. The van der Waals surface area contributed by atoms with Crippen LogP contribution in [-0.4, -0.2) is 41.2 Å². The number of ether oxygens (including phenoxy) is 1. The van der Waals surface area contributed by atoms with Crippen molar-refractivity contribution in [2.24, 2.45) is 0 Å². The smallest absolute Gasteiger partial charge is 0.410 e. The van der Waals surface area contributed by atoms with Gasteiger partial charge in [-0.2, -0.15) is 0 Å². The summed E-state index contributed by atoms with van der Waals surface area (Å²) in [4.78, 5) is 13.1. The molecular weight excluding hydrogens is 268 g/mol. The van der Waals surface area contributed by atoms with Gasteiger partial charge in [0.1, 0.15) is 6.61 Å². The highest BCUT2D eigenvalue weighted by Crippen LogP contribution is 2.32. The first-order valence-corrected chi connectivity index (χ1v) is 6.48. The van der Waals surface area contributed by atoms with E-state index in [9.17, 15) is 13.6 Å². The third kappa shape index (κ3) is 3.66. The lowest BCUT2D eigenvalue weighted by Crippen LogP contribution is -2.51. The molecule has 0 bridgehead atoms. The molecule has 1 aliphatic rings. The predicted molar refractivity (Wildman–Crippen MR) is 68.4 cm³/mol. The van der Waals surface area contributed by atoms with Crippen molar-refractivity contribution in [2.75, 3.05) is 13.2 Å². The number of piperidine rings is 1. The Labute approximate surface area is 116 Å². The highest BCUT2D eigenvalue weighted by molar-refractivity contribution is 5.68. The molecule has 4 nitrogen and oxygen atoms in total. The third-order valence-corrected chi connectivity index (χ3v) is 3.34. The van der Waals surface area contributed by atoms with Gasteiger partial charge in [0, 0.05) is 19.4 Å². The lowest BCUT2D eigenvalue weighted by atomic mass is 9.99. The second kappa shape index (κ2) is 6.17. The average Bonchev–Trinajstić information content (AvgIpc) is 2.45. The Morgan fingerprint density at radius 3 is 2.75 bits per heavy atom. The van der Waals surface area contributed by atoms with Crippen molar-refractivity contribution in [3.8, 4) is 0 Å². The van der Waals surface area contributed by atoms with Crippen molar-refractivity contribution in [3.05, 3.63) is 35.9 Å². The van der Waals surface area contributed by atoms with E-state index in [0.29, 0.717) is 0 Å². The molecule has 6 heteroatoms. The number of likely N-dealkylation sites (tertiary alicyclic amines) is 1. The zero-order chi connectivity index (χ0) is 14.6. The number of amides is 1. The second-order valence-electron chi connectivity index (χ2n) is 4.88. The number of rotatable bonds is 3. The number of alkyl halides is 2. The molecule has 1 aromatic rings. The molecule has 1 unspecified atom stereocenters. The van der Waals surface area contributed by atoms with Crippen molar-refractivity contribution >= 4 is 6.09 Å². The quantitative estimate of drug-likeness (QED) is 0.928. The summed E-state index contributed by atoms with van der Waals surface area (Å²) in [5, 5.41) is 9.15. The van der Waals surface area contributed by atoms with Crippen LogP contribution in [0.4, 0.5) is 13.6 Å². The molecule has 1 saturated heterocycles. The van der Waals surface area contributed by atoms with Crippen molar-refractivity contribution in [3.63, 3.8) is 0 Å². The minimum Gasteiger partial charge on any atom is -0.445 e. The molecule has 0 radical (unpaired) electrons. The van der Waals surface area contributed by atoms with E-state index in [0.717, 1.165) is 5.56 Å². The molecule has 1 heterocycles. The molecule has 0 aromatic heterocycles. The monoisotopic (exact) mass is 285 g/mol. The Bertz CT molecular complexity index is 453. The Kier molecular flexibility index (Phi) is 4.54. The standard InChI is InChI=1S/C14H17F2NO3/c15-14(16)6-7-17(12(8-14)9-18)13(19)20-10-11-4-2-1-3-5-11/h1-5,12,18H,6-10H2. The molecule has 1 aliphatic heterocycles. The Hall–Kier alpha value is -1.69. The fraction of sp³-hybridized carbons (Fsp3) is 0.500. The van der Waals surface area contributed by atoms with Crippen LogP contribution in [-0.2, 0) is 11.3 Å². The van der Waals surface area contributed by atoms with Gasteiger partial charge in [0.05, 0.1) is 12.6 Å². The van der Waals surface area contributed by atoms with E-state index in [1.165, 1.54) is 4.90 Å². The molecule has 110 valence electrons. The van der Waals surface area contributed by atoms with Gasteiger partial charge in [-0.05, 0) is 5.56 Å². The molecular formula is C14H17F2NO3. The maximum absolute atomic E-state index is 13.2. The fourth-order valence-corrected chi connectivity index (χ4v) is 2.23. The fourth-order valence-electron chi connectivity index (χ4n) is 2.23. The van der Waals surface area contributed by atoms with Gasteiger partial charge in [0.15, 0.2) is 0 Å². The van der Waals surface area contributed by atoms with Crippen LogP contribution in [0, 0.1) is 0 Å². The maximum Gasteiger partial charge on any atom is 0.410 e. The number of hydrogen-bond donors (Lipinski definition) is 1. The van der Waals surface area contributed by atoms with Crippen molar-refractivity contribution in [1.82, 2.24) is 4.90 Å². The average molecular weight is 285 g/mol. The van der Waals surface area contributed by atoms with Crippen LogP contribution in [0.25, 0.3) is 0 Å². The minimum atomic E-state index is -2.83. The molecule has 1 fully saturated rings. The highest BCUT2D eigenvalue weighted by Gasteiger charge is 2.42. The van der Waals surface area contributed by atoms with Gasteiger partial charge in [-0.15, -0.1) is 0 Å².